The van der Waals surface area contributed by atoms with Gasteiger partial charge in [-0.05, 0) is 49.9 Å². The van der Waals surface area contributed by atoms with Crippen LogP contribution in [-0.2, 0) is 23.8 Å². The molecular weight excluding hydrogens is 632 g/mol. The number of nitrogens with zero attached hydrogens (tertiary/aromatic N) is 4. The van der Waals surface area contributed by atoms with E-state index < -0.39 is 0 Å². The van der Waals surface area contributed by atoms with E-state index in [-0.39, 0.29) is 61.4 Å². The fourth-order valence-corrected chi connectivity index (χ4v) is 6.14. The minimum Gasteiger partial charge on any atom is -0.378 e. The number of hydrogen-bond acceptors (Lipinski definition) is 9. The van der Waals surface area contributed by atoms with Crippen LogP contribution in [0, 0.1) is 0 Å². The summed E-state index contributed by atoms with van der Waals surface area (Å²) in [7, 11) is 0. The highest BCUT2D eigenvalue weighted by Gasteiger charge is 2.35. The largest absolute Gasteiger partial charge is 0.378 e. The summed E-state index contributed by atoms with van der Waals surface area (Å²) in [4.78, 5) is 82.4. The Morgan fingerprint density at radius 3 is 1.10 bits per heavy atom. The molecule has 262 valence electrons. The molecule has 13 heteroatoms. The predicted molar refractivity (Wildman–Crippen MR) is 177 cm³/mol. The zero-order valence-corrected chi connectivity index (χ0v) is 27.8. The number of carbonyl (C=O) groups excluding carboxylic acids is 6. The molecule has 1 saturated heterocycles. The van der Waals surface area contributed by atoms with Crippen LogP contribution in [0.25, 0.3) is 0 Å². The Hall–Kier alpha value is -4.46. The fraction of sp³-hybridized carbons (Fsp3) is 0.500. The number of ether oxygens (including phenoxy) is 3. The number of unbranched alkanes of at least 4 members (excludes halogenated alkanes) is 2. The summed E-state index contributed by atoms with van der Waals surface area (Å²) < 4.78 is 17.2. The van der Waals surface area contributed by atoms with Gasteiger partial charge in [0.05, 0.1) is 61.9 Å². The van der Waals surface area contributed by atoms with Gasteiger partial charge >= 0.3 is 0 Å². The molecular formula is C36H44N4O9. The Morgan fingerprint density at radius 1 is 0.469 bits per heavy atom. The van der Waals surface area contributed by atoms with Crippen LogP contribution < -0.4 is 0 Å². The molecule has 0 bridgehead atoms. The maximum absolute atomic E-state index is 13.1. The zero-order chi connectivity index (χ0) is 34.6. The molecule has 0 aromatic heterocycles. The summed E-state index contributed by atoms with van der Waals surface area (Å²) in [6, 6.07) is 13.6. The van der Waals surface area contributed by atoms with Gasteiger partial charge in [0.15, 0.2) is 0 Å². The van der Waals surface area contributed by atoms with Gasteiger partial charge in [0.1, 0.15) is 0 Å². The smallest absolute Gasteiger partial charge is 0.261 e. The number of rotatable bonds is 10. The van der Waals surface area contributed by atoms with Crippen molar-refractivity contribution in [1.29, 1.82) is 0 Å². The summed E-state index contributed by atoms with van der Waals surface area (Å²) in [5.41, 5.74) is 1.67. The number of benzene rings is 2. The number of hydrogen-bond donors (Lipinski definition) is 0. The molecule has 0 N–H and O–H groups in total. The van der Waals surface area contributed by atoms with Gasteiger partial charge in [0.2, 0.25) is 11.8 Å². The van der Waals surface area contributed by atoms with Gasteiger partial charge in [0.25, 0.3) is 23.6 Å². The third kappa shape index (κ3) is 9.17. The average Bonchev–Trinajstić information content (AvgIpc) is 3.50. The standard InChI is InChI=1S/C36H44N4O9/c41-31(13-5-7-15-39-33(43)27-9-1-2-10-28(27)34(39)44)37-17-21-47-22-18-38(20-24-49-26-25-48-23-19-37)32(42)14-6-8-16-40-35(45)29-11-3-4-12-30(29)36(40)46/h1-4,9-12H,5-8,13-26H2. The van der Waals surface area contributed by atoms with E-state index in [4.69, 9.17) is 14.2 Å². The van der Waals surface area contributed by atoms with Crippen molar-refractivity contribution in [3.05, 3.63) is 70.8 Å². The summed E-state index contributed by atoms with van der Waals surface area (Å²) in [6.45, 7) is 4.00. The lowest BCUT2D eigenvalue weighted by atomic mass is 10.1. The topological polar surface area (TPSA) is 143 Å². The first kappa shape index (κ1) is 35.8. The van der Waals surface area contributed by atoms with Gasteiger partial charge in [0, 0.05) is 52.1 Å². The van der Waals surface area contributed by atoms with Gasteiger partial charge in [-0.15, -0.1) is 0 Å². The Morgan fingerprint density at radius 2 is 0.776 bits per heavy atom. The fourth-order valence-electron chi connectivity index (χ4n) is 6.14. The van der Waals surface area contributed by atoms with E-state index in [1.54, 1.807) is 58.3 Å². The third-order valence-corrected chi connectivity index (χ3v) is 8.90. The first-order chi connectivity index (χ1) is 23.9. The van der Waals surface area contributed by atoms with Crippen molar-refractivity contribution in [2.45, 2.75) is 38.5 Å². The van der Waals surface area contributed by atoms with Gasteiger partial charge < -0.3 is 24.0 Å². The predicted octanol–water partition coefficient (Wildman–Crippen LogP) is 2.64. The van der Waals surface area contributed by atoms with Gasteiger partial charge in [-0.25, -0.2) is 0 Å². The van der Waals surface area contributed by atoms with Crippen LogP contribution in [0.15, 0.2) is 48.5 Å². The normalized spacial score (nSPS) is 18.0. The molecule has 0 unspecified atom stereocenters. The van der Waals surface area contributed by atoms with Crippen LogP contribution in [-0.4, -0.2) is 134 Å². The Bertz CT molecular complexity index is 1350. The minimum absolute atomic E-state index is 0.0619. The van der Waals surface area contributed by atoms with Crippen LogP contribution in [0.5, 0.6) is 0 Å². The summed E-state index contributed by atoms with van der Waals surface area (Å²) in [5.74, 6) is -1.31. The summed E-state index contributed by atoms with van der Waals surface area (Å²) >= 11 is 0. The summed E-state index contributed by atoms with van der Waals surface area (Å²) in [5, 5.41) is 0. The molecule has 5 rings (SSSR count). The number of fused-ring (bicyclic) bond motifs is 2. The van der Waals surface area contributed by atoms with Gasteiger partial charge in [-0.2, -0.15) is 0 Å². The number of carbonyl (C=O) groups is 6. The van der Waals surface area contributed by atoms with E-state index in [0.717, 1.165) is 0 Å². The molecule has 2 aromatic rings. The van der Waals surface area contributed by atoms with Crippen LogP contribution >= 0.6 is 0 Å². The van der Waals surface area contributed by atoms with Crippen molar-refractivity contribution in [2.75, 3.05) is 78.9 Å². The molecule has 0 aliphatic carbocycles. The summed E-state index contributed by atoms with van der Waals surface area (Å²) in [6.07, 6.45) is 2.61. The van der Waals surface area contributed by atoms with Crippen LogP contribution in [0.2, 0.25) is 0 Å². The Labute approximate surface area is 286 Å². The third-order valence-electron chi connectivity index (χ3n) is 8.90. The highest BCUT2D eigenvalue weighted by atomic mass is 16.5. The number of amides is 6. The maximum atomic E-state index is 13.1. The molecule has 3 heterocycles. The van der Waals surface area contributed by atoms with Crippen molar-refractivity contribution in [3.63, 3.8) is 0 Å². The maximum Gasteiger partial charge on any atom is 0.261 e. The molecule has 0 spiro atoms. The van der Waals surface area contributed by atoms with Gasteiger partial charge in [-0.1, -0.05) is 24.3 Å². The molecule has 3 aliphatic rings. The quantitative estimate of drug-likeness (QED) is 0.274. The SMILES string of the molecule is O=C(CCCCN1C(=O)c2ccccc2C1=O)N1CCOCCOCCN(C(=O)CCCCN2C(=O)c3ccccc3C2=O)CCOCC1. The minimum atomic E-state index is -0.296. The first-order valence-electron chi connectivity index (χ1n) is 17.1. The van der Waals surface area contributed by atoms with E-state index in [1.165, 1.54) is 9.80 Å². The van der Waals surface area contributed by atoms with Crippen molar-refractivity contribution < 1.29 is 43.0 Å². The molecule has 2 aromatic carbocycles. The van der Waals surface area contributed by atoms with E-state index in [2.05, 4.69) is 0 Å². The monoisotopic (exact) mass is 676 g/mol. The molecule has 49 heavy (non-hydrogen) atoms. The highest BCUT2D eigenvalue weighted by molar-refractivity contribution is 6.22. The van der Waals surface area contributed by atoms with E-state index in [1.807, 2.05) is 0 Å². The lowest BCUT2D eigenvalue weighted by Gasteiger charge is -2.24. The molecule has 0 radical (unpaired) electrons. The Balaban J connectivity index is 1.02. The molecule has 3 aliphatic heterocycles. The second-order valence-corrected chi connectivity index (χ2v) is 12.1. The average molecular weight is 677 g/mol. The van der Waals surface area contributed by atoms with E-state index >= 15 is 0 Å². The van der Waals surface area contributed by atoms with Crippen molar-refractivity contribution >= 4 is 35.4 Å². The molecule has 0 saturated carbocycles. The molecule has 6 amide bonds. The highest BCUT2D eigenvalue weighted by Crippen LogP contribution is 2.24. The molecule has 1 fully saturated rings. The van der Waals surface area contributed by atoms with E-state index in [0.29, 0.717) is 114 Å². The first-order valence-corrected chi connectivity index (χ1v) is 17.1. The van der Waals surface area contributed by atoms with Crippen molar-refractivity contribution in [2.24, 2.45) is 0 Å². The van der Waals surface area contributed by atoms with Crippen molar-refractivity contribution in [1.82, 2.24) is 19.6 Å². The number of imide groups is 2. The second kappa shape index (κ2) is 17.8. The lowest BCUT2D eigenvalue weighted by molar-refractivity contribution is -0.133. The van der Waals surface area contributed by atoms with Crippen LogP contribution in [0.1, 0.15) is 80.0 Å². The van der Waals surface area contributed by atoms with Crippen LogP contribution in [0.3, 0.4) is 0 Å². The Kier molecular flexibility index (Phi) is 13.0. The van der Waals surface area contributed by atoms with Crippen molar-refractivity contribution in [3.8, 4) is 0 Å². The van der Waals surface area contributed by atoms with Crippen LogP contribution in [0.4, 0.5) is 0 Å². The van der Waals surface area contributed by atoms with Gasteiger partial charge in [-0.3, -0.25) is 38.6 Å². The molecule has 0 atom stereocenters. The lowest BCUT2D eigenvalue weighted by Crippen LogP contribution is -2.38. The second-order valence-electron chi connectivity index (χ2n) is 12.1. The van der Waals surface area contributed by atoms with E-state index in [9.17, 15) is 28.8 Å². The zero-order valence-electron chi connectivity index (χ0n) is 27.8. The molecule has 13 nitrogen and oxygen atoms in total.